The van der Waals surface area contributed by atoms with Crippen molar-refractivity contribution in [2.45, 2.75) is 25.7 Å². The molecule has 6 nitrogen and oxygen atoms in total. The van der Waals surface area contributed by atoms with Crippen molar-refractivity contribution in [3.8, 4) is 17.6 Å². The number of unbranched alkanes of at least 4 members (excludes halogenated alkanes) is 3. The Morgan fingerprint density at radius 3 is 0.718 bits per heavy atom. The van der Waals surface area contributed by atoms with E-state index in [1.807, 2.05) is 437 Å². The van der Waals surface area contributed by atoms with Crippen molar-refractivity contribution in [3.63, 3.8) is 0 Å². The van der Waals surface area contributed by atoms with Gasteiger partial charge in [-0.25, -0.2) is 9.59 Å². The highest BCUT2D eigenvalue weighted by molar-refractivity contribution is 5.91. The molecule has 0 bridgehead atoms. The molecule has 0 saturated heterocycles. The number of ether oxygens (including phenoxy) is 3. The first-order valence-electron chi connectivity index (χ1n) is 34.0. The Bertz CT molecular complexity index is 3950. The summed E-state index contributed by atoms with van der Waals surface area (Å²) in [7, 11) is 0. The lowest BCUT2D eigenvalue weighted by Crippen LogP contribution is -2.08. The van der Waals surface area contributed by atoms with Crippen LogP contribution >= 0.6 is 0 Å². The smallest absolute Gasteiger partial charge is 0.343 e. The van der Waals surface area contributed by atoms with Crippen molar-refractivity contribution in [2.24, 2.45) is 0 Å². The Hall–Kier alpha value is -13.2. The van der Waals surface area contributed by atoms with E-state index in [9.17, 15) is 9.59 Å². The first kappa shape index (κ1) is 85.9. The molecule has 0 amide bonds. The van der Waals surface area contributed by atoms with Crippen molar-refractivity contribution in [1.29, 1.82) is 5.26 Å². The number of carbonyl (C=O) groups is 2. The Morgan fingerprint density at radius 1 is 0.272 bits per heavy atom. The monoisotopic (exact) mass is 1360 g/mol. The highest BCUT2D eigenvalue weighted by Gasteiger charge is 2.09. The quantitative estimate of drug-likeness (QED) is 0.0216. The molecule has 0 radical (unpaired) electrons. The second-order valence-corrected chi connectivity index (χ2v) is 20.4. The zero-order valence-corrected chi connectivity index (χ0v) is 58.9. The Balaban J connectivity index is 1.42. The predicted molar refractivity (Wildman–Crippen MR) is 446 cm³/mol. The molecule has 2 aromatic carbocycles. The molecule has 0 aliphatic rings. The number of allylic oxidation sites excluding steroid dienone is 74. The van der Waals surface area contributed by atoms with Crippen LogP contribution in [0.15, 0.2) is 511 Å². The van der Waals surface area contributed by atoms with E-state index in [1.54, 1.807) is 66.8 Å². The van der Waals surface area contributed by atoms with Gasteiger partial charge in [0.05, 0.1) is 30.4 Å². The third-order valence-electron chi connectivity index (χ3n) is 12.2. The van der Waals surface area contributed by atoms with Crippen molar-refractivity contribution in [1.82, 2.24) is 0 Å². The third kappa shape index (κ3) is 62.1. The van der Waals surface area contributed by atoms with Crippen LogP contribution in [0.25, 0.3) is 0 Å². The second-order valence-electron chi connectivity index (χ2n) is 20.4. The standard InChI is InChI=1S/C97H97NO5/c1-2-3-4-5-6-7-8-9-10-11-12-13-14-15-16-17-18-19-20-21-22-23-24-25-26-27-28-29-30-31-32-33-34-35-36-37-38-39-40-41-42-43-44-45-46-47-48-49-50-51-52-53-54-55-56-57-58-59-60-61-62-63-64-65-66-67-68-69-70-71-72-73-74-77-80-96(99)102-90-79-76-75-78-89-101-94-87-83-93(84-88-94)97(100)103-95-85-81-92(91-98)82-86-95/h2-74,77,80-88H,1,75-76,78-79,89-90H2/b4-3+,6-5+,8-7+,10-9+,12-11+,14-13+,16-15+,18-17+,20-19+,22-21+,24-23+,26-25+,28-27+,30-29+,32-31+,34-33+,36-35+,38-37+,40-39+,42-41+,44-43+,46-45+,48-47+,50-49+,52-51+,54-53+,56-55+,58-57+,60-59+,62-61+,64-63+,66-65+,68-67+,70-69+,72-71+,74-73+,80-77+. The van der Waals surface area contributed by atoms with Gasteiger partial charge in [-0.3, -0.25) is 0 Å². The lowest BCUT2D eigenvalue weighted by Gasteiger charge is -2.08. The van der Waals surface area contributed by atoms with Crippen LogP contribution < -0.4 is 9.47 Å². The van der Waals surface area contributed by atoms with Gasteiger partial charge in [0.2, 0.25) is 0 Å². The fourth-order valence-electron chi connectivity index (χ4n) is 7.19. The van der Waals surface area contributed by atoms with Gasteiger partial charge in [-0.15, -0.1) is 0 Å². The topological polar surface area (TPSA) is 85.6 Å². The summed E-state index contributed by atoms with van der Waals surface area (Å²) in [5.41, 5.74) is 0.892. The molecule has 2 aromatic rings. The van der Waals surface area contributed by atoms with E-state index < -0.39 is 5.97 Å². The number of nitrogens with zero attached hydrogens (tertiary/aromatic N) is 1. The Morgan fingerprint density at radius 2 is 0.485 bits per heavy atom. The van der Waals surface area contributed by atoms with Gasteiger partial charge in [0.15, 0.2) is 0 Å². The van der Waals surface area contributed by atoms with Crippen LogP contribution in [0.4, 0.5) is 0 Å². The van der Waals surface area contributed by atoms with Crippen LogP contribution in [-0.4, -0.2) is 25.2 Å². The van der Waals surface area contributed by atoms with Gasteiger partial charge in [-0.2, -0.15) is 5.26 Å². The van der Waals surface area contributed by atoms with Gasteiger partial charge >= 0.3 is 11.9 Å². The summed E-state index contributed by atoms with van der Waals surface area (Å²) < 4.78 is 16.4. The Labute approximate surface area is 615 Å². The van der Waals surface area contributed by atoms with Crippen molar-refractivity contribution in [3.05, 3.63) is 522 Å². The number of nitriles is 1. The van der Waals surface area contributed by atoms with Crippen LogP contribution in [0.1, 0.15) is 41.6 Å². The van der Waals surface area contributed by atoms with Crippen LogP contribution in [0.5, 0.6) is 11.5 Å². The predicted octanol–water partition coefficient (Wildman–Crippen LogP) is 25.0. The first-order valence-corrected chi connectivity index (χ1v) is 34.0. The fraction of sp³-hybridized carbons (Fsp3) is 0.0619. The van der Waals surface area contributed by atoms with E-state index >= 15 is 0 Å². The minimum Gasteiger partial charge on any atom is -0.494 e. The van der Waals surface area contributed by atoms with Crippen molar-refractivity contribution >= 4 is 11.9 Å². The van der Waals surface area contributed by atoms with Gasteiger partial charge in [0.1, 0.15) is 11.5 Å². The maximum absolute atomic E-state index is 12.4. The van der Waals surface area contributed by atoms with Crippen LogP contribution in [0, 0.1) is 11.3 Å². The molecule has 6 heteroatoms. The SMILES string of the molecule is C=C/C=C/C=C/C=C/C=C/C=C/C=C/C=C/C=C/C=C/C=C/C=C/C=C/C=C/C=C/C=C/C=C/C=C/C=C/C=C/C=C/C=C/C=C/C=C/C=C/C=C/C=C/C=C/C=C/C=C/C=C/C=C/C=C/C=C/C=C/C=C/C=C/C=C/C(=O)OCCCCCCOc1ccc(C(=O)Oc2ccc(C#N)cc2)cc1. The molecule has 0 N–H and O–H groups in total. The van der Waals surface area contributed by atoms with E-state index in [0.717, 1.165) is 25.7 Å². The van der Waals surface area contributed by atoms with Crippen LogP contribution in [0.2, 0.25) is 0 Å². The lowest BCUT2D eigenvalue weighted by atomic mass is 10.2. The minimum absolute atomic E-state index is 0.364. The molecule has 103 heavy (non-hydrogen) atoms. The molecule has 0 saturated carbocycles. The maximum atomic E-state index is 12.4. The normalized spacial score (nSPS) is 14.3. The zero-order chi connectivity index (χ0) is 73.2. The molecule has 0 aliphatic heterocycles. The molecule has 2 rings (SSSR count). The van der Waals surface area contributed by atoms with E-state index in [0.29, 0.717) is 35.8 Å². The Kier molecular flexibility index (Phi) is 59.7. The van der Waals surface area contributed by atoms with Crippen molar-refractivity contribution in [2.75, 3.05) is 13.2 Å². The number of benzene rings is 2. The number of hydrogen-bond donors (Lipinski definition) is 0. The van der Waals surface area contributed by atoms with E-state index in [1.165, 1.54) is 6.08 Å². The molecule has 0 spiro atoms. The lowest BCUT2D eigenvalue weighted by molar-refractivity contribution is -0.137. The van der Waals surface area contributed by atoms with Crippen LogP contribution in [0.3, 0.4) is 0 Å². The first-order chi connectivity index (χ1) is 51.1. The van der Waals surface area contributed by atoms with E-state index in [2.05, 4.69) is 6.58 Å². The molecule has 0 unspecified atom stereocenters. The highest BCUT2D eigenvalue weighted by Crippen LogP contribution is 2.17. The number of esters is 2. The fourth-order valence-corrected chi connectivity index (χ4v) is 7.19. The molecule has 0 aromatic heterocycles. The summed E-state index contributed by atoms with van der Waals surface area (Å²) in [6.45, 7) is 4.54. The molecule has 520 valence electrons. The van der Waals surface area contributed by atoms with Crippen LogP contribution in [-0.2, 0) is 9.53 Å². The maximum Gasteiger partial charge on any atom is 0.343 e. The third-order valence-corrected chi connectivity index (χ3v) is 12.2. The van der Waals surface area contributed by atoms with E-state index in [4.69, 9.17) is 19.5 Å². The molecular formula is C97H97NO5. The highest BCUT2D eigenvalue weighted by atomic mass is 16.5. The summed E-state index contributed by atoms with van der Waals surface area (Å²) in [6, 6.07) is 15.2. The van der Waals surface area contributed by atoms with Gasteiger partial charge in [-0.1, -0.05) is 456 Å². The largest absolute Gasteiger partial charge is 0.494 e. The average Bonchev–Trinajstić information content (AvgIpc) is 0.920. The summed E-state index contributed by atoms with van der Waals surface area (Å²) >= 11 is 0. The van der Waals surface area contributed by atoms with Crippen molar-refractivity contribution < 1.29 is 23.8 Å². The van der Waals surface area contributed by atoms with Gasteiger partial charge in [-0.05, 0) is 74.2 Å². The van der Waals surface area contributed by atoms with Gasteiger partial charge in [0, 0.05) is 6.08 Å². The van der Waals surface area contributed by atoms with E-state index in [-0.39, 0.29) is 5.97 Å². The molecule has 0 atom stereocenters. The summed E-state index contributed by atoms with van der Waals surface area (Å²) in [4.78, 5) is 24.4. The summed E-state index contributed by atoms with van der Waals surface area (Å²) in [5.74, 6) is 0.179. The average molecular weight is 1360 g/mol. The number of hydrogen-bond acceptors (Lipinski definition) is 6. The molecule has 0 fully saturated rings. The molecule has 0 heterocycles. The summed E-state index contributed by atoms with van der Waals surface area (Å²) in [6.07, 6.45) is 151. The minimum atomic E-state index is -0.486. The van der Waals surface area contributed by atoms with Gasteiger partial charge < -0.3 is 14.2 Å². The summed E-state index contributed by atoms with van der Waals surface area (Å²) in [5, 5.41) is 8.91. The zero-order valence-electron chi connectivity index (χ0n) is 58.9. The number of carbonyl (C=O) groups excluding carboxylic acids is 2. The number of rotatable bonds is 48. The van der Waals surface area contributed by atoms with Gasteiger partial charge in [0.25, 0.3) is 0 Å². The molecule has 0 aliphatic carbocycles. The second kappa shape index (κ2) is 71.6. The molecular weight excluding hydrogens is 1260 g/mol.